The van der Waals surface area contributed by atoms with Crippen LogP contribution in [-0.4, -0.2) is 9.13 Å². The number of rotatable bonds is 3. The maximum Gasteiger partial charge on any atom is 0.251 e. The van der Waals surface area contributed by atoms with Gasteiger partial charge in [0.25, 0.3) is 5.56 Å². The SMILES string of the molecule is Nc1cc(Cl)c(-n2ccc3c2ccc(=O)n3Cc2ccccc2)c(Cl)c1. The molecule has 130 valence electrons. The fraction of sp³-hybridized carbons (Fsp3) is 0.0500. The second kappa shape index (κ2) is 6.56. The zero-order valence-electron chi connectivity index (χ0n) is 13.7. The van der Waals surface area contributed by atoms with Crippen LogP contribution >= 0.6 is 23.2 Å². The predicted molar refractivity (Wildman–Crippen MR) is 108 cm³/mol. The normalized spacial score (nSPS) is 11.2. The Morgan fingerprint density at radius 3 is 2.27 bits per heavy atom. The van der Waals surface area contributed by atoms with Crippen molar-refractivity contribution in [3.8, 4) is 5.69 Å². The minimum Gasteiger partial charge on any atom is -0.399 e. The molecule has 2 N–H and O–H groups in total. The number of nitrogen functional groups attached to an aromatic ring is 1. The summed E-state index contributed by atoms with van der Waals surface area (Å²) in [5.41, 5.74) is 9.59. The molecule has 0 amide bonds. The van der Waals surface area contributed by atoms with Crippen LogP contribution in [0.15, 0.2) is 71.7 Å². The van der Waals surface area contributed by atoms with Crippen LogP contribution in [0.1, 0.15) is 5.56 Å². The summed E-state index contributed by atoms with van der Waals surface area (Å²) in [5, 5.41) is 0.904. The number of benzene rings is 2. The van der Waals surface area contributed by atoms with Crippen molar-refractivity contribution in [3.05, 3.63) is 92.8 Å². The highest BCUT2D eigenvalue weighted by atomic mass is 35.5. The highest BCUT2D eigenvalue weighted by molar-refractivity contribution is 6.38. The van der Waals surface area contributed by atoms with Gasteiger partial charge in [0.2, 0.25) is 0 Å². The minimum atomic E-state index is -0.0615. The molecule has 0 atom stereocenters. The van der Waals surface area contributed by atoms with Crippen LogP contribution in [0, 0.1) is 0 Å². The highest BCUT2D eigenvalue weighted by Crippen LogP contribution is 2.33. The van der Waals surface area contributed by atoms with Crippen LogP contribution < -0.4 is 11.3 Å². The molecule has 0 bridgehead atoms. The lowest BCUT2D eigenvalue weighted by atomic mass is 10.2. The van der Waals surface area contributed by atoms with Crippen molar-refractivity contribution in [1.82, 2.24) is 9.13 Å². The van der Waals surface area contributed by atoms with E-state index < -0.39 is 0 Å². The number of halogens is 2. The molecule has 4 rings (SSSR count). The molecule has 2 heterocycles. The molecule has 0 saturated heterocycles. The van der Waals surface area contributed by atoms with Gasteiger partial charge in [0.05, 0.1) is 33.3 Å². The first-order chi connectivity index (χ1) is 12.5. The van der Waals surface area contributed by atoms with Gasteiger partial charge in [0.1, 0.15) is 0 Å². The van der Waals surface area contributed by atoms with E-state index in [0.717, 1.165) is 16.6 Å². The third-order valence-electron chi connectivity index (χ3n) is 4.31. The minimum absolute atomic E-state index is 0.0615. The topological polar surface area (TPSA) is 52.9 Å². The third-order valence-corrected chi connectivity index (χ3v) is 4.88. The van der Waals surface area contributed by atoms with Gasteiger partial charge in [-0.2, -0.15) is 0 Å². The Balaban J connectivity index is 1.91. The molecule has 0 aliphatic carbocycles. The molecule has 0 radical (unpaired) electrons. The fourth-order valence-electron chi connectivity index (χ4n) is 3.13. The van der Waals surface area contributed by atoms with E-state index >= 15 is 0 Å². The molecule has 26 heavy (non-hydrogen) atoms. The molecular formula is C20H15Cl2N3O. The number of fused-ring (bicyclic) bond motifs is 1. The summed E-state index contributed by atoms with van der Waals surface area (Å²) in [7, 11) is 0. The van der Waals surface area contributed by atoms with Gasteiger partial charge in [-0.3, -0.25) is 4.79 Å². The van der Waals surface area contributed by atoms with Crippen molar-refractivity contribution in [3.63, 3.8) is 0 Å². The Bertz CT molecular complexity index is 1140. The average Bonchev–Trinajstić information content (AvgIpc) is 3.01. The lowest BCUT2D eigenvalue weighted by Gasteiger charge is -2.12. The smallest absolute Gasteiger partial charge is 0.251 e. The van der Waals surface area contributed by atoms with Gasteiger partial charge in [-0.15, -0.1) is 0 Å². The van der Waals surface area contributed by atoms with Crippen molar-refractivity contribution in [2.24, 2.45) is 0 Å². The summed E-state index contributed by atoms with van der Waals surface area (Å²) in [6, 6.07) is 18.4. The van der Waals surface area contributed by atoms with Gasteiger partial charge in [-0.05, 0) is 29.8 Å². The van der Waals surface area contributed by atoms with Crippen LogP contribution in [0.4, 0.5) is 5.69 Å². The zero-order chi connectivity index (χ0) is 18.3. The summed E-state index contributed by atoms with van der Waals surface area (Å²) < 4.78 is 3.61. The van der Waals surface area contributed by atoms with Crippen molar-refractivity contribution in [1.29, 1.82) is 0 Å². The molecule has 2 aromatic heterocycles. The molecule has 0 saturated carbocycles. The lowest BCUT2D eigenvalue weighted by molar-refractivity contribution is 0.795. The number of aromatic nitrogens is 2. The van der Waals surface area contributed by atoms with E-state index in [1.54, 1.807) is 28.8 Å². The molecule has 4 aromatic rings. The summed E-state index contributed by atoms with van der Waals surface area (Å²) in [6.45, 7) is 0.490. The van der Waals surface area contributed by atoms with Crippen LogP contribution in [0.5, 0.6) is 0 Å². The molecule has 6 heteroatoms. The number of nitrogens with two attached hydrogens (primary N) is 1. The first-order valence-corrected chi connectivity index (χ1v) is 8.80. The highest BCUT2D eigenvalue weighted by Gasteiger charge is 2.14. The van der Waals surface area contributed by atoms with Gasteiger partial charge in [0.15, 0.2) is 0 Å². The number of pyridine rings is 1. The van der Waals surface area contributed by atoms with E-state index in [-0.39, 0.29) is 5.56 Å². The maximum absolute atomic E-state index is 12.4. The molecule has 0 aliphatic rings. The number of hydrogen-bond acceptors (Lipinski definition) is 2. The van der Waals surface area contributed by atoms with E-state index in [2.05, 4.69) is 0 Å². The second-order valence-corrected chi connectivity index (χ2v) is 6.85. The van der Waals surface area contributed by atoms with E-state index in [1.807, 2.05) is 47.2 Å². The molecule has 0 fully saturated rings. The van der Waals surface area contributed by atoms with Crippen molar-refractivity contribution < 1.29 is 0 Å². The Morgan fingerprint density at radius 1 is 0.885 bits per heavy atom. The summed E-state index contributed by atoms with van der Waals surface area (Å²) in [6.07, 6.45) is 1.86. The first kappa shape index (κ1) is 16.8. The number of hydrogen-bond donors (Lipinski definition) is 1. The van der Waals surface area contributed by atoms with Crippen molar-refractivity contribution in [2.75, 3.05) is 5.73 Å². The third kappa shape index (κ3) is 2.87. The summed E-state index contributed by atoms with van der Waals surface area (Å²) in [5.74, 6) is 0. The Morgan fingerprint density at radius 2 is 1.58 bits per heavy atom. The van der Waals surface area contributed by atoms with Crippen LogP contribution in [0.3, 0.4) is 0 Å². The van der Waals surface area contributed by atoms with E-state index in [1.165, 1.54) is 0 Å². The fourth-order valence-corrected chi connectivity index (χ4v) is 3.81. The molecule has 0 spiro atoms. The van der Waals surface area contributed by atoms with Gasteiger partial charge >= 0.3 is 0 Å². The summed E-state index contributed by atoms with van der Waals surface area (Å²) >= 11 is 12.7. The Labute approximate surface area is 160 Å². The van der Waals surface area contributed by atoms with Crippen LogP contribution in [0.2, 0.25) is 10.0 Å². The van der Waals surface area contributed by atoms with E-state index in [4.69, 9.17) is 28.9 Å². The van der Waals surface area contributed by atoms with Crippen molar-refractivity contribution in [2.45, 2.75) is 6.54 Å². The van der Waals surface area contributed by atoms with E-state index in [9.17, 15) is 4.79 Å². The lowest BCUT2D eigenvalue weighted by Crippen LogP contribution is -2.19. The predicted octanol–water partition coefficient (Wildman–Crippen LogP) is 4.73. The van der Waals surface area contributed by atoms with Gasteiger partial charge < -0.3 is 14.9 Å². The van der Waals surface area contributed by atoms with Gasteiger partial charge in [0, 0.05) is 18.0 Å². The molecule has 0 aliphatic heterocycles. The average molecular weight is 384 g/mol. The zero-order valence-corrected chi connectivity index (χ0v) is 15.2. The first-order valence-electron chi connectivity index (χ1n) is 8.04. The standard InChI is InChI=1S/C20H15Cl2N3O/c21-15-10-14(23)11-16(22)20(15)24-9-8-18-17(24)6-7-19(26)25(18)12-13-4-2-1-3-5-13/h1-11H,12,23H2. The molecular weight excluding hydrogens is 369 g/mol. The Kier molecular flexibility index (Phi) is 4.23. The molecule has 0 unspecified atom stereocenters. The summed E-state index contributed by atoms with van der Waals surface area (Å²) in [4.78, 5) is 12.4. The van der Waals surface area contributed by atoms with E-state index in [0.29, 0.717) is 28.0 Å². The maximum atomic E-state index is 12.4. The van der Waals surface area contributed by atoms with Gasteiger partial charge in [-0.1, -0.05) is 53.5 Å². The quantitative estimate of drug-likeness (QED) is 0.519. The second-order valence-electron chi connectivity index (χ2n) is 6.03. The number of nitrogens with zero attached hydrogens (tertiary/aromatic N) is 2. The largest absolute Gasteiger partial charge is 0.399 e. The van der Waals surface area contributed by atoms with Crippen molar-refractivity contribution >= 4 is 39.9 Å². The number of anilines is 1. The van der Waals surface area contributed by atoms with Crippen LogP contribution in [-0.2, 0) is 6.54 Å². The Hall–Kier alpha value is -2.69. The monoisotopic (exact) mass is 383 g/mol. The van der Waals surface area contributed by atoms with Crippen LogP contribution in [0.25, 0.3) is 16.7 Å². The van der Waals surface area contributed by atoms with Gasteiger partial charge in [-0.25, -0.2) is 0 Å². The molecule has 4 nitrogen and oxygen atoms in total. The molecule has 2 aromatic carbocycles.